The van der Waals surface area contributed by atoms with Crippen molar-refractivity contribution in [3.8, 4) is 0 Å². The van der Waals surface area contributed by atoms with E-state index in [1.807, 2.05) is 0 Å². The summed E-state index contributed by atoms with van der Waals surface area (Å²) in [5, 5.41) is 3.45. The van der Waals surface area contributed by atoms with Crippen LogP contribution < -0.4 is 11.1 Å². The Morgan fingerprint density at radius 1 is 1.50 bits per heavy atom. The SMILES string of the molecule is CN1CCNCC1CC(N)C1CCC1. The third kappa shape index (κ3) is 2.27. The molecule has 3 N–H and O–H groups in total. The van der Waals surface area contributed by atoms with Gasteiger partial charge in [-0.05, 0) is 32.2 Å². The van der Waals surface area contributed by atoms with Gasteiger partial charge in [-0.3, -0.25) is 0 Å². The molecule has 0 aromatic carbocycles. The number of nitrogens with one attached hydrogen (secondary N) is 1. The third-order valence-corrected chi connectivity index (χ3v) is 3.94. The standard InChI is InChI=1S/C11H23N3/c1-14-6-5-13-8-10(14)7-11(12)9-3-2-4-9/h9-11,13H,2-8,12H2,1H3. The van der Waals surface area contributed by atoms with E-state index in [4.69, 9.17) is 5.73 Å². The molecule has 0 amide bonds. The fraction of sp³-hybridized carbons (Fsp3) is 1.00. The van der Waals surface area contributed by atoms with Crippen LogP contribution >= 0.6 is 0 Å². The van der Waals surface area contributed by atoms with Gasteiger partial charge in [0.2, 0.25) is 0 Å². The summed E-state index contributed by atoms with van der Waals surface area (Å²) in [6.45, 7) is 3.42. The van der Waals surface area contributed by atoms with Crippen molar-refractivity contribution in [2.24, 2.45) is 11.7 Å². The van der Waals surface area contributed by atoms with E-state index in [1.165, 1.54) is 32.2 Å². The molecular formula is C11H23N3. The second kappa shape index (κ2) is 4.60. The predicted molar refractivity (Wildman–Crippen MR) is 59.2 cm³/mol. The maximum absolute atomic E-state index is 6.22. The Morgan fingerprint density at radius 3 is 2.86 bits per heavy atom. The number of nitrogens with two attached hydrogens (primary N) is 1. The normalized spacial score (nSPS) is 32.6. The van der Waals surface area contributed by atoms with Crippen molar-refractivity contribution in [2.75, 3.05) is 26.7 Å². The Kier molecular flexibility index (Phi) is 3.42. The van der Waals surface area contributed by atoms with E-state index in [1.54, 1.807) is 0 Å². The molecule has 0 aromatic rings. The van der Waals surface area contributed by atoms with Crippen LogP contribution in [0, 0.1) is 5.92 Å². The molecule has 0 aromatic heterocycles. The van der Waals surface area contributed by atoms with Gasteiger partial charge in [0.1, 0.15) is 0 Å². The van der Waals surface area contributed by atoms with Crippen molar-refractivity contribution >= 4 is 0 Å². The number of nitrogens with zero attached hydrogens (tertiary/aromatic N) is 1. The van der Waals surface area contributed by atoms with E-state index in [0.29, 0.717) is 12.1 Å². The zero-order valence-electron chi connectivity index (χ0n) is 9.21. The lowest BCUT2D eigenvalue weighted by atomic mass is 9.78. The van der Waals surface area contributed by atoms with Gasteiger partial charge in [0, 0.05) is 31.7 Å². The second-order valence-electron chi connectivity index (χ2n) is 4.93. The fourth-order valence-corrected chi connectivity index (χ4v) is 2.50. The molecule has 1 heterocycles. The highest BCUT2D eigenvalue weighted by molar-refractivity contribution is 4.87. The van der Waals surface area contributed by atoms with E-state index in [2.05, 4.69) is 17.3 Å². The van der Waals surface area contributed by atoms with Gasteiger partial charge in [-0.1, -0.05) is 6.42 Å². The maximum atomic E-state index is 6.22. The highest BCUT2D eigenvalue weighted by Crippen LogP contribution is 2.30. The third-order valence-electron chi connectivity index (χ3n) is 3.94. The Morgan fingerprint density at radius 2 is 2.29 bits per heavy atom. The Bertz CT molecular complexity index is 179. The first kappa shape index (κ1) is 10.4. The van der Waals surface area contributed by atoms with E-state index in [-0.39, 0.29) is 0 Å². The molecule has 82 valence electrons. The molecule has 0 radical (unpaired) electrons. The molecule has 3 heteroatoms. The number of hydrogen-bond acceptors (Lipinski definition) is 3. The summed E-state index contributed by atoms with van der Waals surface area (Å²) in [6, 6.07) is 1.11. The van der Waals surface area contributed by atoms with Crippen molar-refractivity contribution in [1.82, 2.24) is 10.2 Å². The quantitative estimate of drug-likeness (QED) is 0.688. The summed E-state index contributed by atoms with van der Waals surface area (Å²) in [6.07, 6.45) is 5.31. The van der Waals surface area contributed by atoms with Crippen LogP contribution in [-0.4, -0.2) is 43.7 Å². The minimum absolute atomic E-state index is 0.441. The highest BCUT2D eigenvalue weighted by atomic mass is 15.2. The lowest BCUT2D eigenvalue weighted by Crippen LogP contribution is -2.52. The smallest absolute Gasteiger partial charge is 0.0232 e. The zero-order valence-corrected chi connectivity index (χ0v) is 9.21. The summed E-state index contributed by atoms with van der Waals surface area (Å²) in [7, 11) is 2.22. The van der Waals surface area contributed by atoms with Crippen LogP contribution in [0.25, 0.3) is 0 Å². The molecule has 2 fully saturated rings. The van der Waals surface area contributed by atoms with Crippen LogP contribution in [0.15, 0.2) is 0 Å². The van der Waals surface area contributed by atoms with Crippen LogP contribution in [0.1, 0.15) is 25.7 Å². The summed E-state index contributed by atoms with van der Waals surface area (Å²) in [5.74, 6) is 0.824. The predicted octanol–water partition coefficient (Wildman–Crippen LogP) is 0.408. The van der Waals surface area contributed by atoms with Crippen molar-refractivity contribution in [3.05, 3.63) is 0 Å². The Balaban J connectivity index is 1.76. The van der Waals surface area contributed by atoms with Crippen LogP contribution in [0.2, 0.25) is 0 Å². The first-order chi connectivity index (χ1) is 6.77. The largest absolute Gasteiger partial charge is 0.327 e. The van der Waals surface area contributed by atoms with E-state index < -0.39 is 0 Å². The van der Waals surface area contributed by atoms with Gasteiger partial charge in [-0.15, -0.1) is 0 Å². The van der Waals surface area contributed by atoms with E-state index in [9.17, 15) is 0 Å². The lowest BCUT2D eigenvalue weighted by molar-refractivity contribution is 0.154. The van der Waals surface area contributed by atoms with Gasteiger partial charge in [-0.25, -0.2) is 0 Å². The van der Waals surface area contributed by atoms with Crippen LogP contribution in [0.4, 0.5) is 0 Å². The Hall–Kier alpha value is -0.120. The molecule has 1 saturated heterocycles. The summed E-state index contributed by atoms with van der Waals surface area (Å²) < 4.78 is 0. The average Bonchev–Trinajstić information content (AvgIpc) is 2.05. The van der Waals surface area contributed by atoms with E-state index >= 15 is 0 Å². The first-order valence-electron chi connectivity index (χ1n) is 5.94. The minimum atomic E-state index is 0.441. The van der Waals surface area contributed by atoms with Gasteiger partial charge in [0.05, 0.1) is 0 Å². The maximum Gasteiger partial charge on any atom is 0.0232 e. The monoisotopic (exact) mass is 197 g/mol. The van der Waals surface area contributed by atoms with Crippen molar-refractivity contribution in [3.63, 3.8) is 0 Å². The number of likely N-dealkylation sites (N-methyl/N-ethyl adjacent to an activating group) is 1. The zero-order chi connectivity index (χ0) is 9.97. The highest BCUT2D eigenvalue weighted by Gasteiger charge is 2.28. The van der Waals surface area contributed by atoms with Crippen molar-refractivity contribution in [1.29, 1.82) is 0 Å². The summed E-state index contributed by atoms with van der Waals surface area (Å²) in [5.41, 5.74) is 6.22. The molecule has 2 atom stereocenters. The topological polar surface area (TPSA) is 41.3 Å². The summed E-state index contributed by atoms with van der Waals surface area (Å²) >= 11 is 0. The first-order valence-corrected chi connectivity index (χ1v) is 5.94. The van der Waals surface area contributed by atoms with Crippen LogP contribution in [0.5, 0.6) is 0 Å². The van der Waals surface area contributed by atoms with Gasteiger partial charge < -0.3 is 16.0 Å². The number of hydrogen-bond donors (Lipinski definition) is 2. The molecule has 2 rings (SSSR count). The second-order valence-corrected chi connectivity index (χ2v) is 4.93. The Labute approximate surface area is 87.0 Å². The molecule has 2 unspecified atom stereocenters. The molecule has 0 spiro atoms. The molecule has 0 bridgehead atoms. The van der Waals surface area contributed by atoms with Gasteiger partial charge in [0.15, 0.2) is 0 Å². The number of rotatable bonds is 3. The van der Waals surface area contributed by atoms with Gasteiger partial charge in [0.25, 0.3) is 0 Å². The lowest BCUT2D eigenvalue weighted by Gasteiger charge is -2.38. The van der Waals surface area contributed by atoms with E-state index in [0.717, 1.165) is 19.0 Å². The minimum Gasteiger partial charge on any atom is -0.327 e. The number of piperazine rings is 1. The molecular weight excluding hydrogens is 174 g/mol. The van der Waals surface area contributed by atoms with Crippen LogP contribution in [0.3, 0.4) is 0 Å². The summed E-state index contributed by atoms with van der Waals surface area (Å²) in [4.78, 5) is 2.45. The molecule has 14 heavy (non-hydrogen) atoms. The fourth-order valence-electron chi connectivity index (χ4n) is 2.50. The molecule has 3 nitrogen and oxygen atoms in total. The molecule has 1 aliphatic heterocycles. The van der Waals surface area contributed by atoms with Crippen molar-refractivity contribution in [2.45, 2.75) is 37.8 Å². The van der Waals surface area contributed by atoms with Crippen molar-refractivity contribution < 1.29 is 0 Å². The molecule has 1 aliphatic carbocycles. The average molecular weight is 197 g/mol. The van der Waals surface area contributed by atoms with Gasteiger partial charge in [-0.2, -0.15) is 0 Å². The van der Waals surface area contributed by atoms with Gasteiger partial charge >= 0.3 is 0 Å². The molecule has 2 aliphatic rings. The van der Waals surface area contributed by atoms with Crippen LogP contribution in [-0.2, 0) is 0 Å². The molecule has 1 saturated carbocycles.